The molecule has 2 saturated carbocycles. The molecule has 12 amide bonds. The molecule has 2 aliphatic carbocycles. The number of nitrogens with one attached hydrogen (secondary N) is 3. The summed E-state index contributed by atoms with van der Waals surface area (Å²) in [5.41, 5.74) is -3.42. The fourth-order valence-electron chi connectivity index (χ4n) is 16.0. The molecule has 6 aliphatic rings. The van der Waals surface area contributed by atoms with Gasteiger partial charge in [0.05, 0.1) is 67.5 Å². The van der Waals surface area contributed by atoms with E-state index in [9.17, 15) is 55.1 Å². The molecule has 3 unspecified atom stereocenters. The fourth-order valence-corrected chi connectivity index (χ4v) is 16.3. The van der Waals surface area contributed by atoms with E-state index in [1.54, 1.807) is 18.7 Å². The maximum atomic E-state index is 16.0. The van der Waals surface area contributed by atoms with Gasteiger partial charge >= 0.3 is 12.4 Å². The standard InChI is InChI=1S/C75H105ClF6N12O13/c1-12-45(4)63-70(104)88(7)40-61(97)86(5)41-62(98)90(9)57(37-47-22-26-49(27-23-47)74(77,78)79)68(102)87(6)39-59(95)83-54(31-25-46-24-30-52(53(76)36-46)75(80,81)82)67(101)93-34-18-21-55(93)66(100)85-73(32-16-17-33-73)72(106)92(11)64(48-19-14-13-15-20-48)71(105)91(10)58(69(103)94-50-28-29-51(94)43-107-42-50)38-60(96)89(8)56(35-44(2)3)65(99)84-63/h22-24,26-27,30,36,44-45,48,50-51,54-58,63-64H,12-21,25,28-29,31-35,37-43H2,1-11H3,(H,83,95)(H,84,99)(H,85,100)/t45-,50?,51?,54-,55?,56-,57-,58-,63-,64-/m0/s1. The molecule has 10 atom stereocenters. The predicted molar refractivity (Wildman–Crippen MR) is 382 cm³/mol. The lowest BCUT2D eigenvalue weighted by Crippen LogP contribution is -2.65. The number of morpholine rings is 1. The summed E-state index contributed by atoms with van der Waals surface area (Å²) in [6.07, 6.45) is -4.75. The minimum absolute atomic E-state index is 0.0464. The minimum Gasteiger partial charge on any atom is -0.377 e. The minimum atomic E-state index is -4.82. The highest BCUT2D eigenvalue weighted by Gasteiger charge is 2.53. The van der Waals surface area contributed by atoms with Gasteiger partial charge in [0.2, 0.25) is 70.9 Å². The van der Waals surface area contributed by atoms with Gasteiger partial charge in [-0.15, -0.1) is 0 Å². The maximum absolute atomic E-state index is 16.0. The molecule has 6 fully saturated rings. The lowest BCUT2D eigenvalue weighted by atomic mass is 9.81. The van der Waals surface area contributed by atoms with Crippen molar-refractivity contribution in [3.05, 3.63) is 69.7 Å². The Kier molecular flexibility index (Phi) is 28.4. The number of rotatable bonds is 11. The number of amides is 12. The van der Waals surface area contributed by atoms with E-state index in [0.29, 0.717) is 57.8 Å². The van der Waals surface area contributed by atoms with E-state index in [2.05, 4.69) is 16.0 Å². The molecule has 4 heterocycles. The van der Waals surface area contributed by atoms with Crippen LogP contribution in [0.2, 0.25) is 5.02 Å². The quantitative estimate of drug-likeness (QED) is 0.215. The van der Waals surface area contributed by atoms with Gasteiger partial charge in [0, 0.05) is 62.3 Å². The van der Waals surface area contributed by atoms with Crippen molar-refractivity contribution in [1.82, 2.24) is 60.0 Å². The maximum Gasteiger partial charge on any atom is 0.417 e. The number of likely N-dealkylation sites (N-methyl/N-ethyl adjacent to an activating group) is 7. The highest BCUT2D eigenvalue weighted by Crippen LogP contribution is 2.39. The Morgan fingerprint density at radius 3 is 1.80 bits per heavy atom. The smallest absolute Gasteiger partial charge is 0.377 e. The molecule has 0 radical (unpaired) electrons. The van der Waals surface area contributed by atoms with Crippen molar-refractivity contribution in [1.29, 1.82) is 0 Å². The van der Waals surface area contributed by atoms with E-state index in [-0.39, 0.29) is 93.8 Å². The zero-order valence-corrected chi connectivity index (χ0v) is 63.9. The van der Waals surface area contributed by atoms with Crippen LogP contribution in [0.4, 0.5) is 26.3 Å². The zero-order valence-electron chi connectivity index (χ0n) is 63.1. The zero-order chi connectivity index (χ0) is 78.9. The van der Waals surface area contributed by atoms with Crippen molar-refractivity contribution in [3.63, 3.8) is 0 Å². The molecule has 2 aromatic carbocycles. The number of nitrogens with zero attached hydrogens (tertiary/aromatic N) is 9. The number of carbonyl (C=O) groups excluding carboxylic acids is 12. The van der Waals surface area contributed by atoms with E-state index in [1.807, 2.05) is 13.8 Å². The number of alkyl halides is 6. The summed E-state index contributed by atoms with van der Waals surface area (Å²) >= 11 is 6.14. The van der Waals surface area contributed by atoms with Crippen molar-refractivity contribution in [2.75, 3.05) is 88.7 Å². The van der Waals surface area contributed by atoms with Crippen LogP contribution in [0.15, 0.2) is 42.5 Å². The van der Waals surface area contributed by atoms with Gasteiger partial charge in [-0.3, -0.25) is 57.5 Å². The highest BCUT2D eigenvalue weighted by molar-refractivity contribution is 6.31. The van der Waals surface area contributed by atoms with Crippen LogP contribution in [0.3, 0.4) is 0 Å². The summed E-state index contributed by atoms with van der Waals surface area (Å²) in [4.78, 5) is 191. The van der Waals surface area contributed by atoms with Gasteiger partial charge in [-0.1, -0.05) is 96.0 Å². The predicted octanol–water partition coefficient (Wildman–Crippen LogP) is 6.09. The lowest BCUT2D eigenvalue weighted by Gasteiger charge is -2.44. The van der Waals surface area contributed by atoms with Crippen molar-refractivity contribution in [2.45, 2.75) is 222 Å². The van der Waals surface area contributed by atoms with Crippen LogP contribution >= 0.6 is 11.6 Å². The number of ether oxygens (including phenoxy) is 1. The van der Waals surface area contributed by atoms with Crippen LogP contribution in [0.1, 0.15) is 159 Å². The first-order valence-electron chi connectivity index (χ1n) is 37.2. The van der Waals surface area contributed by atoms with E-state index in [1.165, 1.54) is 68.9 Å². The van der Waals surface area contributed by atoms with Crippen LogP contribution in [-0.4, -0.2) is 264 Å². The molecule has 25 nitrogen and oxygen atoms in total. The third-order valence-electron chi connectivity index (χ3n) is 22.6. The van der Waals surface area contributed by atoms with Gasteiger partial charge in [-0.2, -0.15) is 26.3 Å². The number of carbonyl (C=O) groups is 12. The van der Waals surface area contributed by atoms with Crippen molar-refractivity contribution in [2.24, 2.45) is 17.8 Å². The molecule has 32 heteroatoms. The molecule has 2 aromatic rings. The van der Waals surface area contributed by atoms with E-state index in [4.69, 9.17) is 16.3 Å². The molecular weight excluding hydrogens is 1430 g/mol. The molecule has 592 valence electrons. The molecule has 1 spiro atoms. The van der Waals surface area contributed by atoms with Crippen LogP contribution < -0.4 is 16.0 Å². The number of benzene rings is 2. The second-order valence-electron chi connectivity index (χ2n) is 30.6. The summed E-state index contributed by atoms with van der Waals surface area (Å²) in [5, 5.41) is 7.92. The Hall–Kier alpha value is -8.09. The first-order valence-corrected chi connectivity index (χ1v) is 37.6. The monoisotopic (exact) mass is 1530 g/mol. The lowest BCUT2D eigenvalue weighted by molar-refractivity contribution is -0.159. The second-order valence-corrected chi connectivity index (χ2v) is 31.0. The molecule has 0 aromatic heterocycles. The van der Waals surface area contributed by atoms with Gasteiger partial charge in [0.1, 0.15) is 47.8 Å². The van der Waals surface area contributed by atoms with Gasteiger partial charge in [-0.05, 0) is 124 Å². The summed E-state index contributed by atoms with van der Waals surface area (Å²) in [7, 11) is 9.27. The molecular formula is C75H105ClF6N12O13. The number of halogens is 7. The van der Waals surface area contributed by atoms with Crippen LogP contribution in [0.25, 0.3) is 0 Å². The summed E-state index contributed by atoms with van der Waals surface area (Å²) < 4.78 is 89.1. The van der Waals surface area contributed by atoms with Crippen LogP contribution in [0, 0.1) is 17.8 Å². The Balaban J connectivity index is 1.19. The fraction of sp³-hybridized carbons (Fsp3) is 0.680. The largest absolute Gasteiger partial charge is 0.417 e. The van der Waals surface area contributed by atoms with Crippen LogP contribution in [0.5, 0.6) is 0 Å². The van der Waals surface area contributed by atoms with Crippen molar-refractivity contribution in [3.8, 4) is 0 Å². The molecule has 107 heavy (non-hydrogen) atoms. The van der Waals surface area contributed by atoms with E-state index < -0.39 is 192 Å². The average molecular weight is 1530 g/mol. The normalized spacial score (nSPS) is 26.9. The Labute approximate surface area is 626 Å². The summed E-state index contributed by atoms with van der Waals surface area (Å²) in [6.45, 7) is 5.32. The SMILES string of the molecule is CC[C@H](C)[C@@H]1NC(=O)[C@H](CC(C)C)N(C)C(=O)C[C@@H](C(=O)N2C3CCC2COC3)N(C)C(=O)[C@H](C2CCCCC2)N(C)C(=O)C2(CCCC2)NC(=O)C2CCCN2C(=O)[C@H](CCc2ccc(C(F)(F)F)c(Cl)c2)NC(=O)CN(C)C(=O)[C@H](Cc2ccc(C(F)(F)F)cc2)N(C)C(=O)CN(C)C(=O)CN(C)C1=O. The average Bonchev–Trinajstić information content (AvgIpc) is 1.71. The van der Waals surface area contributed by atoms with Crippen LogP contribution in [-0.2, 0) is 87.5 Å². The first-order chi connectivity index (χ1) is 50.3. The third-order valence-corrected chi connectivity index (χ3v) is 22.9. The number of hydrogen-bond acceptors (Lipinski definition) is 13. The Morgan fingerprint density at radius 2 is 1.21 bits per heavy atom. The molecule has 2 bridgehead atoms. The third kappa shape index (κ3) is 20.2. The van der Waals surface area contributed by atoms with Crippen molar-refractivity contribution >= 4 is 82.5 Å². The Morgan fingerprint density at radius 1 is 0.617 bits per heavy atom. The number of hydrogen-bond donors (Lipinski definition) is 3. The summed E-state index contributed by atoms with van der Waals surface area (Å²) in [5.74, 6) is -10.4. The summed E-state index contributed by atoms with van der Waals surface area (Å²) in [6, 6.07) is -3.70. The molecule has 3 N–H and O–H groups in total. The topological polar surface area (TPSA) is 279 Å². The van der Waals surface area contributed by atoms with E-state index in [0.717, 1.165) is 68.5 Å². The molecule has 4 saturated heterocycles. The van der Waals surface area contributed by atoms with Gasteiger partial charge in [0.15, 0.2) is 0 Å². The highest BCUT2D eigenvalue weighted by atomic mass is 35.5. The van der Waals surface area contributed by atoms with Gasteiger partial charge < -0.3 is 64.8 Å². The molecule has 8 rings (SSSR count). The van der Waals surface area contributed by atoms with Crippen molar-refractivity contribution < 1.29 is 88.6 Å². The number of fused-ring (bicyclic) bond motifs is 3. The van der Waals surface area contributed by atoms with Gasteiger partial charge in [0.25, 0.3) is 0 Å². The second kappa shape index (κ2) is 36.0. The van der Waals surface area contributed by atoms with Gasteiger partial charge in [-0.25, -0.2) is 0 Å². The number of aryl methyl sites for hydroxylation is 1. The first kappa shape index (κ1) is 84.5. The molecule has 4 aliphatic heterocycles. The van der Waals surface area contributed by atoms with E-state index >= 15 is 28.8 Å². The Bertz CT molecular complexity index is 3580.